The molecule has 3 aromatic rings. The van der Waals surface area contributed by atoms with Crippen molar-refractivity contribution in [3.63, 3.8) is 0 Å². The standard InChI is InChI=1S/C24H29N7O3/c1-29-21-14-19(13-17-8-11-34-12-9-17)27-31(21)10-7-20(24(29)33)26-23(32)22-25-16-30(28-22)15-18-5-3-2-4-6-18/h2-6,14,16-17,20H,7-13,15H2,1H3,(H,26,32). The second-order valence-corrected chi connectivity index (χ2v) is 8.94. The fraction of sp³-hybridized carbons (Fsp3) is 0.458. The Morgan fingerprint density at radius 2 is 1.94 bits per heavy atom. The lowest BCUT2D eigenvalue weighted by Gasteiger charge is -2.21. The molecule has 10 heteroatoms. The first-order valence-corrected chi connectivity index (χ1v) is 11.7. The largest absolute Gasteiger partial charge is 0.381 e. The molecular weight excluding hydrogens is 434 g/mol. The SMILES string of the molecule is CN1C(=O)C(NC(=O)c2ncn(Cc3ccccc3)n2)CCn2nc(CC3CCOCC3)cc21. The fourth-order valence-electron chi connectivity index (χ4n) is 4.56. The van der Waals surface area contributed by atoms with Crippen LogP contribution < -0.4 is 10.2 Å². The summed E-state index contributed by atoms with van der Waals surface area (Å²) in [4.78, 5) is 31.6. The summed E-state index contributed by atoms with van der Waals surface area (Å²) in [5.41, 5.74) is 2.06. The lowest BCUT2D eigenvalue weighted by molar-refractivity contribution is -0.120. The number of nitrogens with zero attached hydrogens (tertiary/aromatic N) is 6. The van der Waals surface area contributed by atoms with E-state index in [2.05, 4.69) is 15.4 Å². The van der Waals surface area contributed by atoms with Gasteiger partial charge in [0.05, 0.1) is 12.2 Å². The van der Waals surface area contributed by atoms with E-state index in [-0.39, 0.29) is 11.7 Å². The number of fused-ring (bicyclic) bond motifs is 1. The summed E-state index contributed by atoms with van der Waals surface area (Å²) in [6.45, 7) is 2.66. The fourth-order valence-corrected chi connectivity index (χ4v) is 4.56. The molecule has 178 valence electrons. The van der Waals surface area contributed by atoms with Crippen molar-refractivity contribution in [3.05, 3.63) is 59.8 Å². The van der Waals surface area contributed by atoms with E-state index < -0.39 is 11.9 Å². The van der Waals surface area contributed by atoms with E-state index in [9.17, 15) is 9.59 Å². The molecule has 2 aromatic heterocycles. The van der Waals surface area contributed by atoms with Crippen LogP contribution in [0.5, 0.6) is 0 Å². The number of amides is 2. The number of likely N-dealkylation sites (N-methyl/N-ethyl adjacent to an activating group) is 1. The van der Waals surface area contributed by atoms with Gasteiger partial charge in [0.1, 0.15) is 18.2 Å². The number of carbonyl (C=O) groups excluding carboxylic acids is 2. The van der Waals surface area contributed by atoms with Crippen LogP contribution in [0.4, 0.5) is 5.82 Å². The monoisotopic (exact) mass is 463 g/mol. The molecular formula is C24H29N7O3. The lowest BCUT2D eigenvalue weighted by Crippen LogP contribution is -2.47. The number of benzene rings is 1. The minimum Gasteiger partial charge on any atom is -0.381 e. The molecule has 34 heavy (non-hydrogen) atoms. The second-order valence-electron chi connectivity index (χ2n) is 8.94. The Kier molecular flexibility index (Phi) is 6.39. The van der Waals surface area contributed by atoms with Crippen LogP contribution in [0.2, 0.25) is 0 Å². The first-order chi connectivity index (χ1) is 16.6. The number of ether oxygens (including phenoxy) is 1. The topological polar surface area (TPSA) is 107 Å². The first-order valence-electron chi connectivity index (χ1n) is 11.7. The summed E-state index contributed by atoms with van der Waals surface area (Å²) >= 11 is 0. The van der Waals surface area contributed by atoms with E-state index in [1.54, 1.807) is 16.6 Å². The number of nitrogens with one attached hydrogen (secondary N) is 1. The number of carbonyl (C=O) groups is 2. The minimum atomic E-state index is -0.667. The molecule has 1 saturated heterocycles. The van der Waals surface area contributed by atoms with Crippen molar-refractivity contribution in [2.24, 2.45) is 5.92 Å². The summed E-state index contributed by atoms with van der Waals surface area (Å²) in [6, 6.07) is 11.1. The van der Waals surface area contributed by atoms with Crippen LogP contribution >= 0.6 is 0 Å². The number of aromatic nitrogens is 5. The maximum absolute atomic E-state index is 13.1. The summed E-state index contributed by atoms with van der Waals surface area (Å²) in [5.74, 6) is 0.739. The Balaban J connectivity index is 1.22. The van der Waals surface area contributed by atoms with E-state index >= 15 is 0 Å². The van der Waals surface area contributed by atoms with Crippen LogP contribution in [0.25, 0.3) is 0 Å². The van der Waals surface area contributed by atoms with Crippen LogP contribution in [-0.2, 0) is 29.0 Å². The van der Waals surface area contributed by atoms with Crippen molar-refractivity contribution >= 4 is 17.6 Å². The molecule has 1 aromatic carbocycles. The average molecular weight is 464 g/mol. The third-order valence-electron chi connectivity index (χ3n) is 6.48. The maximum atomic E-state index is 13.1. The van der Waals surface area contributed by atoms with Crippen molar-refractivity contribution in [3.8, 4) is 0 Å². The van der Waals surface area contributed by atoms with Gasteiger partial charge in [0.25, 0.3) is 11.8 Å². The Labute approximate surface area is 197 Å². The predicted molar refractivity (Wildman–Crippen MR) is 124 cm³/mol. The number of rotatable bonds is 6. The second kappa shape index (κ2) is 9.76. The van der Waals surface area contributed by atoms with Gasteiger partial charge >= 0.3 is 0 Å². The zero-order chi connectivity index (χ0) is 23.5. The number of aryl methyl sites for hydroxylation is 1. The highest BCUT2D eigenvalue weighted by Crippen LogP contribution is 2.25. The van der Waals surface area contributed by atoms with Crippen molar-refractivity contribution in [1.82, 2.24) is 29.9 Å². The molecule has 0 bridgehead atoms. The van der Waals surface area contributed by atoms with Gasteiger partial charge in [0.2, 0.25) is 5.82 Å². The summed E-state index contributed by atoms with van der Waals surface area (Å²) < 4.78 is 8.93. The van der Waals surface area contributed by atoms with Gasteiger partial charge in [0, 0.05) is 32.9 Å². The van der Waals surface area contributed by atoms with E-state index in [4.69, 9.17) is 9.84 Å². The van der Waals surface area contributed by atoms with Crippen LogP contribution in [0, 0.1) is 5.92 Å². The Morgan fingerprint density at radius 1 is 1.15 bits per heavy atom. The molecule has 1 N–H and O–H groups in total. The van der Waals surface area contributed by atoms with Crippen molar-refractivity contribution < 1.29 is 14.3 Å². The normalized spacial score (nSPS) is 19.0. The molecule has 2 aliphatic rings. The van der Waals surface area contributed by atoms with Gasteiger partial charge in [-0.3, -0.25) is 14.5 Å². The highest BCUT2D eigenvalue weighted by atomic mass is 16.5. The zero-order valence-corrected chi connectivity index (χ0v) is 19.3. The van der Waals surface area contributed by atoms with Gasteiger partial charge in [-0.2, -0.15) is 5.10 Å². The number of hydrogen-bond acceptors (Lipinski definition) is 6. The molecule has 0 spiro atoms. The lowest BCUT2D eigenvalue weighted by atomic mass is 9.95. The Hall–Kier alpha value is -3.53. The zero-order valence-electron chi connectivity index (χ0n) is 19.3. The van der Waals surface area contributed by atoms with E-state index in [0.29, 0.717) is 25.4 Å². The summed E-state index contributed by atoms with van der Waals surface area (Å²) in [5, 5.41) is 11.8. The van der Waals surface area contributed by atoms with Crippen molar-refractivity contribution in [1.29, 1.82) is 0 Å². The highest BCUT2D eigenvalue weighted by Gasteiger charge is 2.31. The molecule has 0 aliphatic carbocycles. The van der Waals surface area contributed by atoms with Crippen LogP contribution in [0.1, 0.15) is 41.1 Å². The van der Waals surface area contributed by atoms with Crippen molar-refractivity contribution in [2.75, 3.05) is 25.2 Å². The van der Waals surface area contributed by atoms with Crippen LogP contribution in [0.15, 0.2) is 42.7 Å². The predicted octanol–water partition coefficient (Wildman–Crippen LogP) is 1.66. The third-order valence-corrected chi connectivity index (χ3v) is 6.48. The quantitative estimate of drug-likeness (QED) is 0.596. The van der Waals surface area contributed by atoms with Crippen LogP contribution in [-0.4, -0.2) is 62.7 Å². The number of hydrogen-bond donors (Lipinski definition) is 1. The molecule has 2 aliphatic heterocycles. The van der Waals surface area contributed by atoms with E-state index in [1.807, 2.05) is 41.1 Å². The summed E-state index contributed by atoms with van der Waals surface area (Å²) in [7, 11) is 1.73. The third kappa shape index (κ3) is 4.86. The van der Waals surface area contributed by atoms with Gasteiger partial charge in [-0.15, -0.1) is 5.10 Å². The molecule has 0 saturated carbocycles. The minimum absolute atomic E-state index is 0.0483. The molecule has 1 fully saturated rings. The van der Waals surface area contributed by atoms with Crippen LogP contribution in [0.3, 0.4) is 0 Å². The van der Waals surface area contributed by atoms with Gasteiger partial charge in [0.15, 0.2) is 0 Å². The molecule has 10 nitrogen and oxygen atoms in total. The average Bonchev–Trinajstić information content (AvgIpc) is 3.47. The first kappa shape index (κ1) is 22.3. The van der Waals surface area contributed by atoms with Gasteiger partial charge in [-0.1, -0.05) is 30.3 Å². The van der Waals surface area contributed by atoms with Gasteiger partial charge in [-0.05, 0) is 37.2 Å². The smallest absolute Gasteiger partial charge is 0.291 e. The molecule has 5 rings (SSSR count). The molecule has 0 radical (unpaired) electrons. The van der Waals surface area contributed by atoms with Crippen molar-refractivity contribution in [2.45, 2.75) is 44.8 Å². The Bertz CT molecular complexity index is 1150. The van der Waals surface area contributed by atoms with Gasteiger partial charge < -0.3 is 10.1 Å². The Morgan fingerprint density at radius 3 is 2.74 bits per heavy atom. The van der Waals surface area contributed by atoms with Gasteiger partial charge in [-0.25, -0.2) is 14.3 Å². The molecule has 2 amide bonds. The highest BCUT2D eigenvalue weighted by molar-refractivity contribution is 6.00. The van der Waals surface area contributed by atoms with E-state index in [1.165, 1.54) is 6.33 Å². The summed E-state index contributed by atoms with van der Waals surface area (Å²) in [6.07, 6.45) is 4.95. The molecule has 4 heterocycles. The van der Waals surface area contributed by atoms with E-state index in [0.717, 1.165) is 49.6 Å². The molecule has 1 atom stereocenters. The molecule has 1 unspecified atom stereocenters. The maximum Gasteiger partial charge on any atom is 0.291 e. The number of anilines is 1.